The number of carbonyl (C=O) groups excluding carboxylic acids is 1. The Morgan fingerprint density at radius 3 is 2.85 bits per heavy atom. The molecule has 3 rings (SSSR count). The summed E-state index contributed by atoms with van der Waals surface area (Å²) < 4.78 is 7.66. The van der Waals surface area contributed by atoms with Gasteiger partial charge in [-0.2, -0.15) is 5.10 Å². The Labute approximate surface area is 155 Å². The molecule has 0 N–H and O–H groups in total. The van der Waals surface area contributed by atoms with Crippen LogP contribution in [0.25, 0.3) is 5.65 Å². The summed E-state index contributed by atoms with van der Waals surface area (Å²) in [6, 6.07) is 1.98. The van der Waals surface area contributed by atoms with Gasteiger partial charge in [-0.1, -0.05) is 26.7 Å². The van der Waals surface area contributed by atoms with Crippen LogP contribution in [0.2, 0.25) is 0 Å². The minimum absolute atomic E-state index is 0.0205. The van der Waals surface area contributed by atoms with Crippen LogP contribution in [-0.4, -0.2) is 51.2 Å². The van der Waals surface area contributed by atoms with E-state index in [9.17, 15) is 4.79 Å². The topological polar surface area (TPSA) is 59.7 Å². The quantitative estimate of drug-likeness (QED) is 0.823. The molecule has 1 fully saturated rings. The monoisotopic (exact) mass is 358 g/mol. The lowest BCUT2D eigenvalue weighted by atomic mass is 10.0. The second-order valence-corrected chi connectivity index (χ2v) is 7.80. The van der Waals surface area contributed by atoms with E-state index < -0.39 is 0 Å². The van der Waals surface area contributed by atoms with Gasteiger partial charge in [0.25, 0.3) is 5.91 Å². The van der Waals surface area contributed by atoms with E-state index in [1.807, 2.05) is 31.7 Å². The summed E-state index contributed by atoms with van der Waals surface area (Å²) >= 11 is 0. The lowest BCUT2D eigenvalue weighted by molar-refractivity contribution is -0.0259. The highest BCUT2D eigenvalue weighted by molar-refractivity contribution is 6.01. The van der Waals surface area contributed by atoms with E-state index in [1.165, 1.54) is 6.42 Å². The Hall–Kier alpha value is -1.95. The zero-order valence-electron chi connectivity index (χ0n) is 16.6. The lowest BCUT2D eigenvalue weighted by Gasteiger charge is -2.33. The second-order valence-electron chi connectivity index (χ2n) is 7.80. The van der Waals surface area contributed by atoms with Gasteiger partial charge < -0.3 is 9.64 Å². The van der Waals surface area contributed by atoms with Crippen molar-refractivity contribution in [3.05, 3.63) is 28.7 Å². The molecule has 0 radical (unpaired) electrons. The summed E-state index contributed by atoms with van der Waals surface area (Å²) in [6.45, 7) is 12.2. The van der Waals surface area contributed by atoms with E-state index in [1.54, 1.807) is 4.52 Å². The maximum atomic E-state index is 13.2. The largest absolute Gasteiger partial charge is 0.375 e. The Balaban J connectivity index is 1.78. The third-order valence-corrected chi connectivity index (χ3v) is 5.02. The maximum absolute atomic E-state index is 13.2. The molecule has 0 aromatic carbocycles. The van der Waals surface area contributed by atoms with E-state index in [4.69, 9.17) is 4.74 Å². The third kappa shape index (κ3) is 3.90. The normalized spacial score (nSPS) is 18.1. The summed E-state index contributed by atoms with van der Waals surface area (Å²) in [5.74, 6) is 0.725. The van der Waals surface area contributed by atoms with Crippen LogP contribution in [0.1, 0.15) is 60.5 Å². The predicted octanol–water partition coefficient (Wildman–Crippen LogP) is 3.32. The van der Waals surface area contributed by atoms with Crippen LogP contribution in [0, 0.1) is 26.7 Å². The summed E-state index contributed by atoms with van der Waals surface area (Å²) in [5.41, 5.74) is 3.91. The van der Waals surface area contributed by atoms with Gasteiger partial charge in [-0.25, -0.2) is 9.50 Å². The zero-order chi connectivity index (χ0) is 18.8. The van der Waals surface area contributed by atoms with Gasteiger partial charge in [-0.05, 0) is 39.2 Å². The molecule has 0 saturated carbocycles. The minimum atomic E-state index is 0.0205. The molecule has 1 aliphatic rings. The van der Waals surface area contributed by atoms with Gasteiger partial charge in [-0.15, -0.1) is 0 Å². The Kier molecular flexibility index (Phi) is 5.61. The first-order valence-corrected chi connectivity index (χ1v) is 9.61. The molecule has 3 heterocycles. The fourth-order valence-electron chi connectivity index (χ4n) is 3.67. The molecule has 0 bridgehead atoms. The number of hydrogen-bond donors (Lipinski definition) is 0. The molecule has 0 spiro atoms. The van der Waals surface area contributed by atoms with Gasteiger partial charge >= 0.3 is 0 Å². The Morgan fingerprint density at radius 2 is 2.12 bits per heavy atom. The van der Waals surface area contributed by atoms with Gasteiger partial charge in [0, 0.05) is 24.5 Å². The molecule has 142 valence electrons. The van der Waals surface area contributed by atoms with Gasteiger partial charge in [0.15, 0.2) is 5.65 Å². The number of amides is 1. The van der Waals surface area contributed by atoms with Crippen molar-refractivity contribution in [3.63, 3.8) is 0 Å². The highest BCUT2D eigenvalue weighted by atomic mass is 16.5. The van der Waals surface area contributed by atoms with Gasteiger partial charge in [0.1, 0.15) is 5.56 Å². The number of nitrogens with zero attached hydrogens (tertiary/aromatic N) is 4. The number of ether oxygens (including phenoxy) is 1. The molecule has 0 unspecified atom stereocenters. The van der Waals surface area contributed by atoms with Gasteiger partial charge in [0.05, 0.1) is 18.4 Å². The van der Waals surface area contributed by atoms with Crippen molar-refractivity contribution in [3.8, 4) is 0 Å². The molecule has 6 heteroatoms. The fourth-order valence-corrected chi connectivity index (χ4v) is 3.67. The van der Waals surface area contributed by atoms with Gasteiger partial charge in [-0.3, -0.25) is 4.79 Å². The van der Waals surface area contributed by atoms with E-state index in [2.05, 4.69) is 23.9 Å². The van der Waals surface area contributed by atoms with E-state index >= 15 is 0 Å². The van der Waals surface area contributed by atoms with Crippen molar-refractivity contribution in [1.82, 2.24) is 19.5 Å². The predicted molar refractivity (Wildman–Crippen MR) is 102 cm³/mol. The lowest BCUT2D eigenvalue weighted by Crippen LogP contribution is -2.45. The number of aromatic nitrogens is 3. The molecule has 2 aromatic rings. The molecule has 2 aromatic heterocycles. The van der Waals surface area contributed by atoms with Crippen LogP contribution in [0.3, 0.4) is 0 Å². The van der Waals surface area contributed by atoms with E-state index in [-0.39, 0.29) is 12.0 Å². The van der Waals surface area contributed by atoms with Crippen LogP contribution in [0.5, 0.6) is 0 Å². The van der Waals surface area contributed by atoms with Crippen LogP contribution >= 0.6 is 0 Å². The van der Waals surface area contributed by atoms with Crippen LogP contribution in [0.15, 0.2) is 6.07 Å². The zero-order valence-corrected chi connectivity index (χ0v) is 16.6. The average molecular weight is 358 g/mol. The number of hydrogen-bond acceptors (Lipinski definition) is 4. The summed E-state index contributed by atoms with van der Waals surface area (Å²) in [6.07, 6.45) is 3.47. The molecule has 1 atom stereocenters. The molecule has 6 nitrogen and oxygen atoms in total. The number of aryl methyl sites for hydroxylation is 3. The number of fused-ring (bicyclic) bond motifs is 1. The minimum Gasteiger partial charge on any atom is -0.375 e. The molecule has 1 saturated heterocycles. The van der Waals surface area contributed by atoms with E-state index in [0.717, 1.165) is 29.9 Å². The van der Waals surface area contributed by atoms with E-state index in [0.29, 0.717) is 36.8 Å². The fraction of sp³-hybridized carbons (Fsp3) is 0.650. The van der Waals surface area contributed by atoms with Crippen LogP contribution in [0.4, 0.5) is 0 Å². The molecular weight excluding hydrogens is 328 g/mol. The standard InChI is InChI=1S/C20H30N4O2/c1-13(2)7-6-8-17-12-23(9-10-26-17)20(25)18-16(5)22-24-15(4)11-14(3)21-19(18)24/h11,13,17H,6-10,12H2,1-5H3/t17-/m1/s1. The summed E-state index contributed by atoms with van der Waals surface area (Å²) in [7, 11) is 0. The average Bonchev–Trinajstić information content (AvgIpc) is 2.90. The van der Waals surface area contributed by atoms with Crippen molar-refractivity contribution >= 4 is 11.6 Å². The third-order valence-electron chi connectivity index (χ3n) is 5.02. The molecule has 1 aliphatic heterocycles. The molecular formula is C20H30N4O2. The first-order valence-electron chi connectivity index (χ1n) is 9.61. The SMILES string of the molecule is Cc1cc(C)n2nc(C)c(C(=O)N3CCO[C@H](CCCC(C)C)C3)c2n1. The van der Waals surface area contributed by atoms with Crippen LogP contribution < -0.4 is 0 Å². The van der Waals surface area contributed by atoms with Crippen molar-refractivity contribution < 1.29 is 9.53 Å². The van der Waals surface area contributed by atoms with Crippen LogP contribution in [-0.2, 0) is 4.74 Å². The summed E-state index contributed by atoms with van der Waals surface area (Å²) in [5, 5.41) is 4.53. The first-order chi connectivity index (χ1) is 12.4. The second kappa shape index (κ2) is 7.74. The van der Waals surface area contributed by atoms with Crippen molar-refractivity contribution in [2.24, 2.45) is 5.92 Å². The Morgan fingerprint density at radius 1 is 1.35 bits per heavy atom. The number of rotatable bonds is 5. The number of carbonyl (C=O) groups is 1. The molecule has 26 heavy (non-hydrogen) atoms. The Bertz CT molecular complexity index is 797. The first kappa shape index (κ1) is 18.8. The highest BCUT2D eigenvalue weighted by Gasteiger charge is 2.29. The van der Waals surface area contributed by atoms with Crippen molar-refractivity contribution in [2.75, 3.05) is 19.7 Å². The molecule has 1 amide bonds. The maximum Gasteiger partial charge on any atom is 0.259 e. The number of morpholine rings is 1. The van der Waals surface area contributed by atoms with Crippen molar-refractivity contribution in [1.29, 1.82) is 0 Å². The molecule has 0 aliphatic carbocycles. The van der Waals surface area contributed by atoms with Crippen molar-refractivity contribution in [2.45, 2.75) is 60.0 Å². The smallest absolute Gasteiger partial charge is 0.259 e. The highest BCUT2D eigenvalue weighted by Crippen LogP contribution is 2.21. The summed E-state index contributed by atoms with van der Waals surface area (Å²) in [4.78, 5) is 19.7. The van der Waals surface area contributed by atoms with Gasteiger partial charge in [0.2, 0.25) is 0 Å².